The maximum Gasteiger partial charge on any atom is 0.267 e. The van der Waals surface area contributed by atoms with Crippen LogP contribution in [0.15, 0.2) is 56.9 Å². The number of furan rings is 1. The third-order valence-electron chi connectivity index (χ3n) is 4.91. The molecule has 7 nitrogen and oxygen atoms in total. The van der Waals surface area contributed by atoms with E-state index in [-0.39, 0.29) is 11.5 Å². The Labute approximate surface area is 189 Å². The molecule has 1 amide bonds. The molecule has 4 rings (SSSR count). The minimum absolute atomic E-state index is 0.166. The first kappa shape index (κ1) is 21.3. The Morgan fingerprint density at radius 3 is 2.87 bits per heavy atom. The Kier molecular flexibility index (Phi) is 6.53. The van der Waals surface area contributed by atoms with Crippen molar-refractivity contribution in [2.75, 3.05) is 11.9 Å². The molecule has 1 saturated heterocycles. The molecule has 160 valence electrons. The second-order valence-electron chi connectivity index (χ2n) is 7.08. The van der Waals surface area contributed by atoms with E-state index in [1.54, 1.807) is 41.6 Å². The first-order valence-electron chi connectivity index (χ1n) is 10.1. The largest absolute Gasteiger partial charge is 0.467 e. The van der Waals surface area contributed by atoms with Gasteiger partial charge >= 0.3 is 0 Å². The fourth-order valence-corrected chi connectivity index (χ4v) is 4.59. The van der Waals surface area contributed by atoms with Crippen LogP contribution in [0.5, 0.6) is 0 Å². The van der Waals surface area contributed by atoms with Gasteiger partial charge in [-0.25, -0.2) is 4.98 Å². The number of nitrogens with zero attached hydrogens (tertiary/aromatic N) is 3. The Morgan fingerprint density at radius 1 is 1.23 bits per heavy atom. The van der Waals surface area contributed by atoms with E-state index in [1.165, 1.54) is 16.2 Å². The molecule has 0 aromatic carbocycles. The number of thiocarbonyl (C=S) groups is 1. The summed E-state index contributed by atoms with van der Waals surface area (Å²) in [4.78, 5) is 32.8. The SMILES string of the molecule is CCCCCN1C(=O)C(=Cc2c(NCc3ccco3)nc3ccccn3c2=O)SC1=S. The van der Waals surface area contributed by atoms with Crippen LogP contribution in [0.2, 0.25) is 0 Å². The van der Waals surface area contributed by atoms with Gasteiger partial charge in [0.25, 0.3) is 11.5 Å². The Balaban J connectivity index is 1.70. The zero-order valence-corrected chi connectivity index (χ0v) is 18.7. The number of pyridine rings is 1. The van der Waals surface area contributed by atoms with E-state index in [0.29, 0.717) is 45.1 Å². The van der Waals surface area contributed by atoms with E-state index < -0.39 is 0 Å². The molecule has 1 aliphatic rings. The van der Waals surface area contributed by atoms with Gasteiger partial charge in [-0.2, -0.15) is 0 Å². The minimum Gasteiger partial charge on any atom is -0.467 e. The number of nitrogens with one attached hydrogen (secondary N) is 1. The number of aromatic nitrogens is 2. The molecule has 0 unspecified atom stereocenters. The van der Waals surface area contributed by atoms with Crippen molar-refractivity contribution in [1.82, 2.24) is 14.3 Å². The highest BCUT2D eigenvalue weighted by Gasteiger charge is 2.32. The van der Waals surface area contributed by atoms with E-state index in [2.05, 4.69) is 17.2 Å². The fraction of sp³-hybridized carbons (Fsp3) is 0.273. The number of unbranched alkanes of at least 4 members (excludes halogenated alkanes) is 2. The van der Waals surface area contributed by atoms with Crippen LogP contribution in [0.4, 0.5) is 5.82 Å². The van der Waals surface area contributed by atoms with Crippen LogP contribution in [0.3, 0.4) is 0 Å². The number of thioether (sulfide) groups is 1. The third kappa shape index (κ3) is 4.57. The molecule has 4 heterocycles. The molecular weight excluding hydrogens is 432 g/mol. The molecular formula is C22H22N4O3S2. The zero-order valence-electron chi connectivity index (χ0n) is 17.0. The normalized spacial score (nSPS) is 15.4. The smallest absolute Gasteiger partial charge is 0.267 e. The Morgan fingerprint density at radius 2 is 2.10 bits per heavy atom. The molecule has 3 aromatic heterocycles. The number of hydrogen-bond donors (Lipinski definition) is 1. The van der Waals surface area contributed by atoms with Gasteiger partial charge in [0.05, 0.1) is 23.3 Å². The molecule has 0 saturated carbocycles. The van der Waals surface area contributed by atoms with E-state index >= 15 is 0 Å². The highest BCUT2D eigenvalue weighted by Crippen LogP contribution is 2.33. The number of hydrogen-bond acceptors (Lipinski definition) is 7. The van der Waals surface area contributed by atoms with Crippen LogP contribution in [0.1, 0.15) is 37.5 Å². The van der Waals surface area contributed by atoms with Crippen molar-refractivity contribution in [3.63, 3.8) is 0 Å². The first-order valence-corrected chi connectivity index (χ1v) is 11.3. The Bertz CT molecular complexity index is 1200. The standard InChI is InChI=1S/C22H22N4O3S2/c1-2-3-5-11-26-21(28)17(31-22(26)30)13-16-19(23-14-15-8-7-12-29-15)24-18-9-4-6-10-25(18)20(16)27/h4,6-10,12-13,23H,2-3,5,11,14H2,1H3. The summed E-state index contributed by atoms with van der Waals surface area (Å²) in [6, 6.07) is 8.98. The average Bonchev–Trinajstić information content (AvgIpc) is 3.38. The third-order valence-corrected chi connectivity index (χ3v) is 6.29. The summed E-state index contributed by atoms with van der Waals surface area (Å²) in [6.07, 6.45) is 7.84. The number of amides is 1. The topological polar surface area (TPSA) is 79.8 Å². The summed E-state index contributed by atoms with van der Waals surface area (Å²) in [5.74, 6) is 0.938. The van der Waals surface area contributed by atoms with Crippen molar-refractivity contribution in [2.45, 2.75) is 32.7 Å². The molecule has 0 aliphatic carbocycles. The van der Waals surface area contributed by atoms with Crippen molar-refractivity contribution >= 4 is 51.7 Å². The first-order chi connectivity index (χ1) is 15.1. The summed E-state index contributed by atoms with van der Waals surface area (Å²) >= 11 is 6.63. The predicted octanol–water partition coefficient (Wildman–Crippen LogP) is 4.29. The van der Waals surface area contributed by atoms with E-state index in [4.69, 9.17) is 16.6 Å². The summed E-state index contributed by atoms with van der Waals surface area (Å²) in [5, 5.41) is 3.17. The van der Waals surface area contributed by atoms with Gasteiger partial charge < -0.3 is 9.73 Å². The molecule has 0 radical (unpaired) electrons. The van der Waals surface area contributed by atoms with Gasteiger partial charge in [0.15, 0.2) is 0 Å². The van der Waals surface area contributed by atoms with Gasteiger partial charge in [-0.05, 0) is 36.8 Å². The van der Waals surface area contributed by atoms with Crippen LogP contribution in [0, 0.1) is 0 Å². The zero-order chi connectivity index (χ0) is 21.8. The van der Waals surface area contributed by atoms with Crippen molar-refractivity contribution in [1.29, 1.82) is 0 Å². The van der Waals surface area contributed by atoms with Crippen LogP contribution in [-0.4, -0.2) is 31.1 Å². The van der Waals surface area contributed by atoms with Crippen LogP contribution >= 0.6 is 24.0 Å². The molecule has 0 bridgehead atoms. The summed E-state index contributed by atoms with van der Waals surface area (Å²) in [5.41, 5.74) is 0.562. The molecule has 9 heteroatoms. The van der Waals surface area contributed by atoms with E-state index in [9.17, 15) is 9.59 Å². The maximum atomic E-state index is 13.2. The van der Waals surface area contributed by atoms with Crippen molar-refractivity contribution in [3.05, 3.63) is 69.4 Å². The maximum absolute atomic E-state index is 13.2. The second kappa shape index (κ2) is 9.49. The highest BCUT2D eigenvalue weighted by molar-refractivity contribution is 8.26. The number of anilines is 1. The number of fused-ring (bicyclic) bond motifs is 1. The highest BCUT2D eigenvalue weighted by atomic mass is 32.2. The summed E-state index contributed by atoms with van der Waals surface area (Å²) < 4.78 is 7.35. The van der Waals surface area contributed by atoms with Crippen LogP contribution < -0.4 is 10.9 Å². The lowest BCUT2D eigenvalue weighted by Crippen LogP contribution is -2.29. The molecule has 0 spiro atoms. The predicted molar refractivity (Wildman–Crippen MR) is 127 cm³/mol. The quantitative estimate of drug-likeness (QED) is 0.309. The monoisotopic (exact) mass is 454 g/mol. The average molecular weight is 455 g/mol. The number of rotatable bonds is 8. The lowest BCUT2D eigenvalue weighted by molar-refractivity contribution is -0.122. The lowest BCUT2D eigenvalue weighted by atomic mass is 10.2. The van der Waals surface area contributed by atoms with E-state index in [1.807, 2.05) is 12.1 Å². The van der Waals surface area contributed by atoms with Gasteiger partial charge in [0.2, 0.25) is 0 Å². The van der Waals surface area contributed by atoms with E-state index in [0.717, 1.165) is 19.3 Å². The molecule has 1 fully saturated rings. The Hall–Kier alpha value is -2.91. The minimum atomic E-state index is -0.260. The van der Waals surface area contributed by atoms with Crippen molar-refractivity contribution in [3.8, 4) is 0 Å². The van der Waals surface area contributed by atoms with Gasteiger partial charge in [0, 0.05) is 12.7 Å². The van der Waals surface area contributed by atoms with Crippen LogP contribution in [-0.2, 0) is 11.3 Å². The summed E-state index contributed by atoms with van der Waals surface area (Å²) in [6.45, 7) is 3.07. The number of carbonyl (C=O) groups excluding carboxylic acids is 1. The van der Waals surface area contributed by atoms with Gasteiger partial charge in [0.1, 0.15) is 21.5 Å². The van der Waals surface area contributed by atoms with Gasteiger partial charge in [-0.3, -0.25) is 18.9 Å². The van der Waals surface area contributed by atoms with Crippen molar-refractivity contribution < 1.29 is 9.21 Å². The second-order valence-corrected chi connectivity index (χ2v) is 8.76. The lowest BCUT2D eigenvalue weighted by Gasteiger charge is -2.13. The number of carbonyl (C=O) groups is 1. The van der Waals surface area contributed by atoms with Crippen LogP contribution in [0.25, 0.3) is 11.7 Å². The molecule has 3 aromatic rings. The summed E-state index contributed by atoms with van der Waals surface area (Å²) in [7, 11) is 0. The van der Waals surface area contributed by atoms with Gasteiger partial charge in [-0.1, -0.05) is 49.8 Å². The van der Waals surface area contributed by atoms with Gasteiger partial charge in [-0.15, -0.1) is 0 Å². The molecule has 1 N–H and O–H groups in total. The molecule has 1 aliphatic heterocycles. The molecule has 31 heavy (non-hydrogen) atoms. The molecule has 0 atom stereocenters. The van der Waals surface area contributed by atoms with Crippen molar-refractivity contribution in [2.24, 2.45) is 0 Å². The fourth-order valence-electron chi connectivity index (χ4n) is 3.30.